The molecule has 0 bridgehead atoms. The highest BCUT2D eigenvalue weighted by atomic mass is 31.1. The fourth-order valence-electron chi connectivity index (χ4n) is 5.04. The van der Waals surface area contributed by atoms with Gasteiger partial charge in [-0.05, 0) is 54.5 Å². The minimum Gasteiger partial charge on any atom is -0.0969 e. The molecule has 1 saturated heterocycles. The molecule has 3 aliphatic rings. The Balaban J connectivity index is 1.77. The van der Waals surface area contributed by atoms with Crippen LogP contribution in [0.25, 0.3) is 0 Å². The van der Waals surface area contributed by atoms with Crippen LogP contribution in [0, 0.1) is 11.8 Å². The van der Waals surface area contributed by atoms with Gasteiger partial charge in [-0.25, -0.2) is 0 Å². The first-order chi connectivity index (χ1) is 8.29. The first-order valence-corrected chi connectivity index (χ1v) is 9.61. The van der Waals surface area contributed by atoms with Crippen LogP contribution >= 0.6 is 7.92 Å². The van der Waals surface area contributed by atoms with E-state index in [-0.39, 0.29) is 0 Å². The molecule has 1 aliphatic heterocycles. The van der Waals surface area contributed by atoms with Gasteiger partial charge >= 0.3 is 0 Å². The average molecular weight is 252 g/mol. The molecule has 0 nitrogen and oxygen atoms in total. The summed E-state index contributed by atoms with van der Waals surface area (Å²) in [6.45, 7) is 5.20. The van der Waals surface area contributed by atoms with Crippen LogP contribution in [-0.2, 0) is 0 Å². The van der Waals surface area contributed by atoms with Crippen molar-refractivity contribution in [2.45, 2.75) is 88.6 Å². The fourth-order valence-corrected chi connectivity index (χ4v) is 9.92. The van der Waals surface area contributed by atoms with E-state index in [2.05, 4.69) is 13.8 Å². The molecule has 98 valence electrons. The van der Waals surface area contributed by atoms with Gasteiger partial charge in [-0.2, -0.15) is 0 Å². The molecule has 1 heterocycles. The molecule has 5 atom stereocenters. The number of rotatable bonds is 1. The molecule has 3 fully saturated rings. The molecular weight excluding hydrogens is 223 g/mol. The molecule has 2 aliphatic carbocycles. The second-order valence-corrected chi connectivity index (χ2v) is 9.96. The second kappa shape index (κ2) is 5.20. The van der Waals surface area contributed by atoms with Gasteiger partial charge in [-0.15, -0.1) is 0 Å². The summed E-state index contributed by atoms with van der Waals surface area (Å²) in [4.78, 5) is 0. The first-order valence-electron chi connectivity index (χ1n) is 8.06. The molecule has 1 heteroatoms. The molecule has 17 heavy (non-hydrogen) atoms. The minimum atomic E-state index is 0.379. The summed E-state index contributed by atoms with van der Waals surface area (Å²) in [7, 11) is 0.379. The Hall–Kier alpha value is 0.430. The lowest BCUT2D eigenvalue weighted by Crippen LogP contribution is -2.24. The van der Waals surface area contributed by atoms with Crippen molar-refractivity contribution in [2.75, 3.05) is 0 Å². The Morgan fingerprint density at radius 3 is 2.18 bits per heavy atom. The smallest absolute Gasteiger partial charge is 0.0173 e. The molecule has 0 radical (unpaired) electrons. The van der Waals surface area contributed by atoms with Crippen LogP contribution in [0.2, 0.25) is 0 Å². The van der Waals surface area contributed by atoms with Crippen molar-refractivity contribution in [2.24, 2.45) is 11.8 Å². The zero-order valence-electron chi connectivity index (χ0n) is 11.7. The molecule has 0 aromatic heterocycles. The van der Waals surface area contributed by atoms with Crippen LogP contribution < -0.4 is 0 Å². The maximum atomic E-state index is 2.61. The number of hydrogen-bond donors (Lipinski definition) is 0. The van der Waals surface area contributed by atoms with Gasteiger partial charge < -0.3 is 0 Å². The van der Waals surface area contributed by atoms with E-state index in [1.165, 1.54) is 24.2 Å². The number of hydrogen-bond acceptors (Lipinski definition) is 0. The molecule has 0 aromatic carbocycles. The maximum absolute atomic E-state index is 2.61. The number of fused-ring (bicyclic) bond motifs is 1. The topological polar surface area (TPSA) is 0 Å². The third kappa shape index (κ3) is 2.20. The predicted octanol–water partition coefficient (Wildman–Crippen LogP) is 5.40. The Labute approximate surface area is 109 Å². The lowest BCUT2D eigenvalue weighted by atomic mass is 9.80. The lowest BCUT2D eigenvalue weighted by molar-refractivity contribution is 0.294. The van der Waals surface area contributed by atoms with Crippen LogP contribution in [0.15, 0.2) is 0 Å². The van der Waals surface area contributed by atoms with E-state index in [4.69, 9.17) is 0 Å². The Morgan fingerprint density at radius 1 is 0.765 bits per heavy atom. The standard InChI is InChI=1S/C16H29P/c1-12-13(2)17(14-8-4-3-5-9-14)16-11-7-6-10-15(12)16/h12-16H,3-11H2,1-2H3. The molecule has 0 amide bonds. The molecule has 0 spiro atoms. The molecule has 3 rings (SSSR count). The van der Waals surface area contributed by atoms with Gasteiger partial charge in [0.2, 0.25) is 0 Å². The Morgan fingerprint density at radius 2 is 1.41 bits per heavy atom. The van der Waals surface area contributed by atoms with E-state index in [0.29, 0.717) is 7.92 Å². The second-order valence-electron chi connectivity index (χ2n) is 6.85. The molecule has 2 saturated carbocycles. The van der Waals surface area contributed by atoms with E-state index in [1.54, 1.807) is 44.9 Å². The highest BCUT2D eigenvalue weighted by Crippen LogP contribution is 2.68. The van der Waals surface area contributed by atoms with Crippen molar-refractivity contribution in [1.29, 1.82) is 0 Å². The highest BCUT2D eigenvalue weighted by Gasteiger charge is 2.48. The first kappa shape index (κ1) is 12.5. The van der Waals surface area contributed by atoms with Crippen LogP contribution in [0.4, 0.5) is 0 Å². The van der Waals surface area contributed by atoms with Gasteiger partial charge in [0.15, 0.2) is 0 Å². The highest BCUT2D eigenvalue weighted by molar-refractivity contribution is 7.60. The van der Waals surface area contributed by atoms with Gasteiger partial charge in [-0.3, -0.25) is 0 Å². The van der Waals surface area contributed by atoms with Crippen molar-refractivity contribution in [1.82, 2.24) is 0 Å². The van der Waals surface area contributed by atoms with Crippen LogP contribution in [-0.4, -0.2) is 17.0 Å². The minimum absolute atomic E-state index is 0.379. The monoisotopic (exact) mass is 252 g/mol. The van der Waals surface area contributed by atoms with Crippen molar-refractivity contribution >= 4 is 7.92 Å². The van der Waals surface area contributed by atoms with Crippen molar-refractivity contribution in [3.8, 4) is 0 Å². The van der Waals surface area contributed by atoms with Gasteiger partial charge in [-0.1, -0.05) is 53.9 Å². The Bertz CT molecular complexity index is 256. The van der Waals surface area contributed by atoms with Crippen LogP contribution in [0.1, 0.15) is 71.6 Å². The molecule has 5 unspecified atom stereocenters. The van der Waals surface area contributed by atoms with E-state index < -0.39 is 0 Å². The van der Waals surface area contributed by atoms with Gasteiger partial charge in [0.25, 0.3) is 0 Å². The summed E-state index contributed by atoms with van der Waals surface area (Å²) in [6, 6.07) is 0. The summed E-state index contributed by atoms with van der Waals surface area (Å²) in [5, 5.41) is 0. The third-order valence-electron chi connectivity index (χ3n) is 6.07. The summed E-state index contributed by atoms with van der Waals surface area (Å²) in [6.07, 6.45) is 14.0. The Kier molecular flexibility index (Phi) is 3.81. The molecular formula is C16H29P. The molecule has 0 N–H and O–H groups in total. The van der Waals surface area contributed by atoms with E-state index in [9.17, 15) is 0 Å². The van der Waals surface area contributed by atoms with Gasteiger partial charge in [0, 0.05) is 0 Å². The predicted molar refractivity (Wildman–Crippen MR) is 78.2 cm³/mol. The van der Waals surface area contributed by atoms with E-state index >= 15 is 0 Å². The molecule has 0 aromatic rings. The van der Waals surface area contributed by atoms with E-state index in [1.807, 2.05) is 0 Å². The lowest BCUT2D eigenvalue weighted by Gasteiger charge is -2.37. The zero-order chi connectivity index (χ0) is 11.8. The summed E-state index contributed by atoms with van der Waals surface area (Å²) >= 11 is 0. The summed E-state index contributed by atoms with van der Waals surface area (Å²) < 4.78 is 0. The summed E-state index contributed by atoms with van der Waals surface area (Å²) in [5.74, 6) is 2.18. The largest absolute Gasteiger partial charge is 0.0969 e. The van der Waals surface area contributed by atoms with E-state index in [0.717, 1.165) is 17.5 Å². The van der Waals surface area contributed by atoms with Crippen LogP contribution in [0.3, 0.4) is 0 Å². The average Bonchev–Trinajstić information content (AvgIpc) is 2.64. The summed E-state index contributed by atoms with van der Waals surface area (Å²) in [5.41, 5.74) is 3.44. The van der Waals surface area contributed by atoms with Crippen molar-refractivity contribution in [3.63, 3.8) is 0 Å². The quantitative estimate of drug-likeness (QED) is 0.548. The van der Waals surface area contributed by atoms with Crippen molar-refractivity contribution in [3.05, 3.63) is 0 Å². The fraction of sp³-hybridized carbons (Fsp3) is 1.00. The van der Waals surface area contributed by atoms with Crippen molar-refractivity contribution < 1.29 is 0 Å². The SMILES string of the molecule is CC1C2CCCCC2P(C2CCCCC2)C1C. The maximum Gasteiger partial charge on any atom is -0.0173 e. The van der Waals surface area contributed by atoms with Crippen LogP contribution in [0.5, 0.6) is 0 Å². The normalized spacial score (nSPS) is 48.0. The van der Waals surface area contributed by atoms with Gasteiger partial charge in [0.05, 0.1) is 0 Å². The third-order valence-corrected chi connectivity index (χ3v) is 10.2. The zero-order valence-corrected chi connectivity index (χ0v) is 12.6. The van der Waals surface area contributed by atoms with Gasteiger partial charge in [0.1, 0.15) is 0 Å².